The first-order valence-electron chi connectivity index (χ1n) is 11.3. The Morgan fingerprint density at radius 1 is 0.941 bits per heavy atom. The molecule has 180 valence electrons. The monoisotopic (exact) mass is 490 g/mol. The number of benzene rings is 1. The van der Waals surface area contributed by atoms with E-state index in [1.54, 1.807) is 6.07 Å². The van der Waals surface area contributed by atoms with Gasteiger partial charge in [-0.25, -0.2) is 0 Å². The molecule has 0 spiro atoms. The van der Waals surface area contributed by atoms with Crippen molar-refractivity contribution >= 4 is 28.1 Å². The predicted octanol–water partition coefficient (Wildman–Crippen LogP) is 3.91. The van der Waals surface area contributed by atoms with Gasteiger partial charge in [0.05, 0.1) is 11.5 Å². The third-order valence-corrected chi connectivity index (χ3v) is 7.40. The van der Waals surface area contributed by atoms with Gasteiger partial charge >= 0.3 is 6.18 Å². The highest BCUT2D eigenvalue weighted by atomic mass is 32.1. The average Bonchev–Trinajstić information content (AvgIpc) is 3.56. The molecule has 2 aromatic heterocycles. The number of piperazine rings is 1. The highest BCUT2D eigenvalue weighted by Crippen LogP contribution is 2.32. The third-order valence-electron chi connectivity index (χ3n) is 6.40. The molecule has 0 aliphatic carbocycles. The number of alkyl halides is 3. The van der Waals surface area contributed by atoms with E-state index < -0.39 is 11.7 Å². The van der Waals surface area contributed by atoms with Crippen LogP contribution in [0.2, 0.25) is 0 Å². The zero-order valence-corrected chi connectivity index (χ0v) is 19.3. The smallest absolute Gasteiger partial charge is 0.368 e. The lowest BCUT2D eigenvalue weighted by Crippen LogP contribution is -2.52. The van der Waals surface area contributed by atoms with Crippen LogP contribution in [0, 0.1) is 5.92 Å². The molecule has 0 saturated carbocycles. The predicted molar refractivity (Wildman–Crippen MR) is 124 cm³/mol. The van der Waals surface area contributed by atoms with Gasteiger partial charge in [-0.1, -0.05) is 17.4 Å². The number of rotatable bonds is 4. The topological polar surface area (TPSA) is 57.5 Å². The number of carbonyl (C=O) groups is 1. The fraction of sp³-hybridized carbons (Fsp3) is 0.435. The van der Waals surface area contributed by atoms with Crippen molar-refractivity contribution in [3.05, 3.63) is 54.4 Å². The van der Waals surface area contributed by atoms with E-state index in [-0.39, 0.29) is 11.8 Å². The first-order valence-corrected chi connectivity index (χ1v) is 12.1. The molecular formula is C23H25F3N6OS. The van der Waals surface area contributed by atoms with Crippen molar-refractivity contribution in [1.29, 1.82) is 0 Å². The quantitative estimate of drug-likeness (QED) is 0.555. The number of piperidine rings is 1. The molecule has 4 heterocycles. The summed E-state index contributed by atoms with van der Waals surface area (Å²) >= 11 is 1.50. The summed E-state index contributed by atoms with van der Waals surface area (Å²) < 4.78 is 41.1. The molecule has 1 amide bonds. The molecule has 2 fully saturated rings. The van der Waals surface area contributed by atoms with Crippen LogP contribution in [0.4, 0.5) is 24.0 Å². The zero-order valence-electron chi connectivity index (χ0n) is 18.5. The number of nitrogens with zero attached hydrogens (tertiary/aromatic N) is 6. The minimum atomic E-state index is -4.36. The molecule has 2 aliphatic rings. The SMILES string of the molecule is O=C([C@@H]1CCCN(c2nnc(-n3cccc3)s2)C1)N1CCN(c2cccc(C(F)(F)F)c2)CC1. The fourth-order valence-corrected chi connectivity index (χ4v) is 5.43. The molecular weight excluding hydrogens is 465 g/mol. The van der Waals surface area contributed by atoms with Crippen LogP contribution >= 0.6 is 11.3 Å². The molecule has 0 unspecified atom stereocenters. The lowest BCUT2D eigenvalue weighted by Gasteiger charge is -2.39. The van der Waals surface area contributed by atoms with Crippen molar-refractivity contribution in [2.24, 2.45) is 5.92 Å². The summed E-state index contributed by atoms with van der Waals surface area (Å²) in [5.74, 6) is -0.00340. The van der Waals surface area contributed by atoms with E-state index in [1.165, 1.54) is 23.5 Å². The molecule has 5 rings (SSSR count). The van der Waals surface area contributed by atoms with E-state index in [0.717, 1.165) is 35.7 Å². The summed E-state index contributed by atoms with van der Waals surface area (Å²) in [6.07, 6.45) is 1.21. The Balaban J connectivity index is 1.19. The van der Waals surface area contributed by atoms with E-state index in [4.69, 9.17) is 0 Å². The summed E-state index contributed by atoms with van der Waals surface area (Å²) in [7, 11) is 0. The normalized spacial score (nSPS) is 19.5. The number of aromatic nitrogens is 3. The van der Waals surface area contributed by atoms with Gasteiger partial charge in [0.15, 0.2) is 0 Å². The maximum Gasteiger partial charge on any atom is 0.416 e. The maximum absolute atomic E-state index is 13.2. The van der Waals surface area contributed by atoms with Gasteiger partial charge in [-0.05, 0) is 43.2 Å². The van der Waals surface area contributed by atoms with Gasteiger partial charge in [0.2, 0.25) is 16.2 Å². The molecule has 0 bridgehead atoms. The summed E-state index contributed by atoms with van der Waals surface area (Å²) in [4.78, 5) is 19.1. The number of carbonyl (C=O) groups excluding carboxylic acids is 1. The second-order valence-corrected chi connectivity index (χ2v) is 9.54. The molecule has 2 saturated heterocycles. The number of anilines is 2. The van der Waals surface area contributed by atoms with E-state index in [2.05, 4.69) is 15.1 Å². The van der Waals surface area contributed by atoms with Crippen molar-refractivity contribution in [1.82, 2.24) is 19.7 Å². The number of hydrogen-bond donors (Lipinski definition) is 0. The lowest BCUT2D eigenvalue weighted by molar-refractivity contribution is -0.137. The van der Waals surface area contributed by atoms with Crippen LogP contribution in [0.5, 0.6) is 0 Å². The Bertz CT molecular complexity index is 1120. The average molecular weight is 491 g/mol. The van der Waals surface area contributed by atoms with Gasteiger partial charge in [-0.3, -0.25) is 9.36 Å². The number of amides is 1. The Morgan fingerprint density at radius 3 is 2.41 bits per heavy atom. The van der Waals surface area contributed by atoms with Crippen molar-refractivity contribution in [3.63, 3.8) is 0 Å². The standard InChI is InChI=1S/C23H25F3N6OS/c24-23(25,26)18-6-3-7-19(15-18)29-11-13-30(14-12-29)20(33)17-5-4-10-32(16-17)22-28-27-21(34-22)31-8-1-2-9-31/h1-3,6-9,15,17H,4-5,10-14,16H2/t17-/m1/s1. The molecule has 3 aromatic rings. The van der Waals surface area contributed by atoms with Gasteiger partial charge in [0.25, 0.3) is 0 Å². The minimum Gasteiger partial charge on any atom is -0.368 e. The largest absolute Gasteiger partial charge is 0.416 e. The van der Waals surface area contributed by atoms with E-state index >= 15 is 0 Å². The van der Waals surface area contributed by atoms with Gasteiger partial charge in [0.1, 0.15) is 0 Å². The van der Waals surface area contributed by atoms with Crippen LogP contribution in [0.1, 0.15) is 18.4 Å². The zero-order chi connectivity index (χ0) is 23.7. The van der Waals surface area contributed by atoms with Crippen LogP contribution < -0.4 is 9.80 Å². The van der Waals surface area contributed by atoms with Crippen molar-refractivity contribution in [3.8, 4) is 5.13 Å². The van der Waals surface area contributed by atoms with E-state index in [9.17, 15) is 18.0 Å². The van der Waals surface area contributed by atoms with Crippen LogP contribution in [0.25, 0.3) is 5.13 Å². The summed E-state index contributed by atoms with van der Waals surface area (Å²) in [6.45, 7) is 3.48. The molecule has 1 aromatic carbocycles. The van der Waals surface area contributed by atoms with Crippen molar-refractivity contribution in [2.45, 2.75) is 19.0 Å². The number of hydrogen-bond acceptors (Lipinski definition) is 6. The highest BCUT2D eigenvalue weighted by molar-refractivity contribution is 7.17. The minimum absolute atomic E-state index is 0.114. The molecule has 2 aliphatic heterocycles. The lowest BCUT2D eigenvalue weighted by atomic mass is 9.96. The Labute approximate surface area is 199 Å². The third kappa shape index (κ3) is 4.75. The fourth-order valence-electron chi connectivity index (χ4n) is 4.58. The second-order valence-electron chi connectivity index (χ2n) is 8.60. The number of halogens is 3. The van der Waals surface area contributed by atoms with Gasteiger partial charge in [-0.15, -0.1) is 10.2 Å². The summed E-state index contributed by atoms with van der Waals surface area (Å²) in [6, 6.07) is 9.25. The van der Waals surface area contributed by atoms with E-state index in [1.807, 2.05) is 38.9 Å². The van der Waals surface area contributed by atoms with Crippen LogP contribution in [-0.2, 0) is 11.0 Å². The molecule has 34 heavy (non-hydrogen) atoms. The van der Waals surface area contributed by atoms with Crippen molar-refractivity contribution in [2.75, 3.05) is 49.1 Å². The van der Waals surface area contributed by atoms with Crippen molar-refractivity contribution < 1.29 is 18.0 Å². The Morgan fingerprint density at radius 2 is 1.68 bits per heavy atom. The summed E-state index contributed by atoms with van der Waals surface area (Å²) in [5, 5.41) is 10.2. The van der Waals surface area contributed by atoms with Gasteiger partial charge in [0, 0.05) is 57.3 Å². The van der Waals surface area contributed by atoms with E-state index in [0.29, 0.717) is 38.4 Å². The highest BCUT2D eigenvalue weighted by Gasteiger charge is 2.33. The first-order chi connectivity index (χ1) is 16.4. The van der Waals surface area contributed by atoms with Gasteiger partial charge < -0.3 is 14.7 Å². The van der Waals surface area contributed by atoms with Gasteiger partial charge in [-0.2, -0.15) is 13.2 Å². The molecule has 0 radical (unpaired) electrons. The molecule has 7 nitrogen and oxygen atoms in total. The maximum atomic E-state index is 13.2. The summed E-state index contributed by atoms with van der Waals surface area (Å²) in [5.41, 5.74) is -0.108. The van der Waals surface area contributed by atoms with Crippen LogP contribution in [0.3, 0.4) is 0 Å². The second kappa shape index (κ2) is 9.28. The molecule has 0 N–H and O–H groups in total. The molecule has 11 heteroatoms. The Kier molecular flexibility index (Phi) is 6.20. The van der Waals surface area contributed by atoms with Crippen LogP contribution in [-0.4, -0.2) is 64.8 Å². The van der Waals surface area contributed by atoms with Crippen LogP contribution in [0.15, 0.2) is 48.8 Å². The Hall–Kier alpha value is -3.08. The first kappa shape index (κ1) is 22.7. The molecule has 1 atom stereocenters.